The van der Waals surface area contributed by atoms with E-state index in [2.05, 4.69) is 15.5 Å². The van der Waals surface area contributed by atoms with Crippen LogP contribution < -0.4 is 10.9 Å². The molecule has 7 nitrogen and oxygen atoms in total. The number of hydrogen-bond donors (Lipinski definition) is 1. The lowest BCUT2D eigenvalue weighted by molar-refractivity contribution is 0.102. The van der Waals surface area contributed by atoms with E-state index in [1.165, 1.54) is 4.68 Å². The Morgan fingerprint density at radius 2 is 1.93 bits per heavy atom. The number of nitrogens with zero attached hydrogens (tertiary/aromatic N) is 4. The molecule has 8 heteroatoms. The lowest BCUT2D eigenvalue weighted by Crippen LogP contribution is -2.27. The summed E-state index contributed by atoms with van der Waals surface area (Å²) in [6.07, 6.45) is 1.64. The van der Waals surface area contributed by atoms with E-state index in [9.17, 15) is 9.59 Å². The highest BCUT2D eigenvalue weighted by molar-refractivity contribution is 7.09. The Morgan fingerprint density at radius 1 is 1.11 bits per heavy atom. The van der Waals surface area contributed by atoms with Gasteiger partial charge in [0.1, 0.15) is 5.82 Å². The smallest absolute Gasteiger partial charge is 0.277 e. The van der Waals surface area contributed by atoms with Crippen LogP contribution in [0.3, 0.4) is 0 Å². The SMILES string of the molecule is CCn1nc(C(=O)Nc2ccnn2Cc2cccs2)c2ccccc2c1=O. The predicted octanol–water partition coefficient (Wildman–Crippen LogP) is 2.98. The number of benzene rings is 1. The van der Waals surface area contributed by atoms with Gasteiger partial charge in [0.2, 0.25) is 0 Å². The van der Waals surface area contributed by atoms with Crippen LogP contribution in [0.15, 0.2) is 58.8 Å². The van der Waals surface area contributed by atoms with Gasteiger partial charge in [0.25, 0.3) is 11.5 Å². The summed E-state index contributed by atoms with van der Waals surface area (Å²) < 4.78 is 3.03. The lowest BCUT2D eigenvalue weighted by atomic mass is 10.1. The average molecular weight is 379 g/mol. The van der Waals surface area contributed by atoms with Crippen molar-refractivity contribution in [1.29, 1.82) is 0 Å². The number of anilines is 1. The van der Waals surface area contributed by atoms with Gasteiger partial charge in [0, 0.05) is 22.9 Å². The maximum absolute atomic E-state index is 12.9. The molecule has 0 aliphatic heterocycles. The van der Waals surface area contributed by atoms with Crippen molar-refractivity contribution in [1.82, 2.24) is 19.6 Å². The topological polar surface area (TPSA) is 81.8 Å². The summed E-state index contributed by atoms with van der Waals surface area (Å²) in [5.41, 5.74) is 0.0170. The molecule has 1 amide bonds. The zero-order valence-corrected chi connectivity index (χ0v) is 15.4. The van der Waals surface area contributed by atoms with Crippen LogP contribution >= 0.6 is 11.3 Å². The van der Waals surface area contributed by atoms with Crippen LogP contribution in [0, 0.1) is 0 Å². The number of nitrogens with one attached hydrogen (secondary N) is 1. The summed E-state index contributed by atoms with van der Waals surface area (Å²) in [4.78, 5) is 26.5. The highest BCUT2D eigenvalue weighted by Crippen LogP contribution is 2.17. The van der Waals surface area contributed by atoms with Crippen molar-refractivity contribution in [3.63, 3.8) is 0 Å². The standard InChI is InChI=1S/C19H17N5O2S/c1-2-23-19(26)15-8-4-3-7-14(15)17(22-23)18(25)21-16-9-10-20-24(16)12-13-6-5-11-27-13/h3-11H,2,12H2,1H3,(H,21,25). The van der Waals surface area contributed by atoms with Gasteiger partial charge >= 0.3 is 0 Å². The van der Waals surface area contributed by atoms with E-state index in [-0.39, 0.29) is 17.2 Å². The summed E-state index contributed by atoms with van der Waals surface area (Å²) in [7, 11) is 0. The second-order valence-corrected chi connectivity index (χ2v) is 6.95. The van der Waals surface area contributed by atoms with Crippen molar-refractivity contribution in [2.75, 3.05) is 5.32 Å². The second kappa shape index (κ2) is 7.16. The monoisotopic (exact) mass is 379 g/mol. The number of rotatable bonds is 5. The Balaban J connectivity index is 1.70. The van der Waals surface area contributed by atoms with Crippen molar-refractivity contribution in [3.8, 4) is 0 Å². The maximum Gasteiger partial charge on any atom is 0.277 e. The first kappa shape index (κ1) is 17.2. The number of aryl methyl sites for hydroxylation is 1. The molecule has 27 heavy (non-hydrogen) atoms. The van der Waals surface area contributed by atoms with E-state index in [4.69, 9.17) is 0 Å². The summed E-state index contributed by atoms with van der Waals surface area (Å²) >= 11 is 1.63. The number of aromatic nitrogens is 4. The molecule has 4 aromatic rings. The average Bonchev–Trinajstić information content (AvgIpc) is 3.35. The molecule has 1 aromatic carbocycles. The molecule has 3 aromatic heterocycles. The molecule has 0 aliphatic rings. The molecule has 0 unspecified atom stereocenters. The van der Waals surface area contributed by atoms with Crippen molar-refractivity contribution < 1.29 is 4.79 Å². The molecule has 3 heterocycles. The zero-order valence-electron chi connectivity index (χ0n) is 14.6. The summed E-state index contributed by atoms with van der Waals surface area (Å²) in [6.45, 7) is 2.78. The first-order valence-electron chi connectivity index (χ1n) is 8.52. The molecule has 0 saturated carbocycles. The molecule has 0 fully saturated rings. The van der Waals surface area contributed by atoms with E-state index < -0.39 is 0 Å². The summed E-state index contributed by atoms with van der Waals surface area (Å²) in [6, 6.07) is 12.8. The third-order valence-electron chi connectivity index (χ3n) is 4.23. The Kier molecular flexibility index (Phi) is 4.55. The van der Waals surface area contributed by atoms with E-state index in [0.29, 0.717) is 29.7 Å². The first-order chi connectivity index (χ1) is 13.2. The van der Waals surface area contributed by atoms with E-state index in [1.807, 2.05) is 24.4 Å². The van der Waals surface area contributed by atoms with E-state index >= 15 is 0 Å². The third-order valence-corrected chi connectivity index (χ3v) is 5.09. The van der Waals surface area contributed by atoms with Crippen LogP contribution in [0.5, 0.6) is 0 Å². The Morgan fingerprint density at radius 3 is 2.67 bits per heavy atom. The highest BCUT2D eigenvalue weighted by Gasteiger charge is 2.17. The molecule has 136 valence electrons. The van der Waals surface area contributed by atoms with Crippen LogP contribution in [0.1, 0.15) is 22.3 Å². The fourth-order valence-electron chi connectivity index (χ4n) is 2.91. The number of fused-ring (bicyclic) bond motifs is 1. The number of amides is 1. The summed E-state index contributed by atoms with van der Waals surface area (Å²) in [5, 5.41) is 14.4. The highest BCUT2D eigenvalue weighted by atomic mass is 32.1. The Bertz CT molecular complexity index is 1160. The molecule has 1 N–H and O–H groups in total. The maximum atomic E-state index is 12.9. The normalized spacial score (nSPS) is 11.0. The van der Waals surface area contributed by atoms with Gasteiger partial charge < -0.3 is 5.32 Å². The van der Waals surface area contributed by atoms with Gasteiger partial charge in [-0.05, 0) is 24.4 Å². The minimum Gasteiger partial charge on any atom is -0.305 e. The zero-order chi connectivity index (χ0) is 18.8. The third kappa shape index (κ3) is 3.26. The number of hydrogen-bond acceptors (Lipinski definition) is 5. The minimum absolute atomic E-state index is 0.201. The molecule has 0 radical (unpaired) electrons. The molecular formula is C19H17N5O2S. The molecule has 0 spiro atoms. The largest absolute Gasteiger partial charge is 0.305 e. The second-order valence-electron chi connectivity index (χ2n) is 5.92. The van der Waals surface area contributed by atoms with E-state index in [1.54, 1.807) is 52.5 Å². The van der Waals surface area contributed by atoms with Gasteiger partial charge in [-0.25, -0.2) is 9.36 Å². The molecular weight excluding hydrogens is 362 g/mol. The van der Waals surface area contributed by atoms with Gasteiger partial charge in [0.15, 0.2) is 5.69 Å². The van der Waals surface area contributed by atoms with Crippen LogP contribution in [-0.4, -0.2) is 25.5 Å². The number of carbonyl (C=O) groups is 1. The number of thiophene rings is 1. The molecule has 0 atom stereocenters. The van der Waals surface area contributed by atoms with Gasteiger partial charge in [-0.3, -0.25) is 9.59 Å². The van der Waals surface area contributed by atoms with Gasteiger partial charge in [-0.15, -0.1) is 11.3 Å². The first-order valence-corrected chi connectivity index (χ1v) is 9.40. The van der Waals surface area contributed by atoms with Crippen molar-refractivity contribution >= 4 is 33.8 Å². The predicted molar refractivity (Wildman–Crippen MR) is 105 cm³/mol. The molecule has 0 aliphatic carbocycles. The fraction of sp³-hybridized carbons (Fsp3) is 0.158. The van der Waals surface area contributed by atoms with Crippen LogP contribution in [0.25, 0.3) is 10.8 Å². The van der Waals surface area contributed by atoms with Gasteiger partial charge in [0.05, 0.1) is 18.1 Å². The summed E-state index contributed by atoms with van der Waals surface area (Å²) in [5.74, 6) is 0.204. The lowest BCUT2D eigenvalue weighted by Gasteiger charge is -2.11. The Labute approximate surface area is 158 Å². The van der Waals surface area contributed by atoms with Crippen molar-refractivity contribution in [2.24, 2.45) is 0 Å². The van der Waals surface area contributed by atoms with Crippen LogP contribution in [0.2, 0.25) is 0 Å². The molecule has 0 saturated heterocycles. The Hall–Kier alpha value is -3.26. The van der Waals surface area contributed by atoms with Crippen LogP contribution in [0.4, 0.5) is 5.82 Å². The van der Waals surface area contributed by atoms with Gasteiger partial charge in [-0.2, -0.15) is 10.2 Å². The van der Waals surface area contributed by atoms with Crippen molar-refractivity contribution in [3.05, 3.63) is 75.0 Å². The van der Waals surface area contributed by atoms with E-state index in [0.717, 1.165) is 4.88 Å². The quantitative estimate of drug-likeness (QED) is 0.578. The van der Waals surface area contributed by atoms with Crippen LogP contribution in [-0.2, 0) is 13.1 Å². The van der Waals surface area contributed by atoms with Gasteiger partial charge in [-0.1, -0.05) is 24.3 Å². The fourth-order valence-corrected chi connectivity index (χ4v) is 3.59. The minimum atomic E-state index is -0.374. The molecule has 4 rings (SSSR count). The molecule has 0 bridgehead atoms. The number of carbonyl (C=O) groups excluding carboxylic acids is 1. The van der Waals surface area contributed by atoms with Crippen molar-refractivity contribution in [2.45, 2.75) is 20.0 Å².